The number of piperidine rings is 1. The van der Waals surface area contributed by atoms with Gasteiger partial charge in [0, 0.05) is 26.7 Å². The van der Waals surface area contributed by atoms with Crippen molar-refractivity contribution in [2.24, 2.45) is 5.41 Å². The largest absolute Gasteiger partial charge is 0.481 e. The number of carboxylic acids is 1. The van der Waals surface area contributed by atoms with E-state index >= 15 is 0 Å². The Morgan fingerprint density at radius 3 is 2.25 bits per heavy atom. The summed E-state index contributed by atoms with van der Waals surface area (Å²) in [5.74, 6) is -0.857. The van der Waals surface area contributed by atoms with Crippen LogP contribution < -0.4 is 0 Å². The lowest BCUT2D eigenvalue weighted by atomic mass is 9.68. The van der Waals surface area contributed by atoms with Gasteiger partial charge in [-0.1, -0.05) is 19.3 Å². The Labute approximate surface area is 120 Å². The van der Waals surface area contributed by atoms with Crippen LogP contribution in [0, 0.1) is 5.41 Å². The van der Waals surface area contributed by atoms with Gasteiger partial charge in [-0.25, -0.2) is 4.79 Å². The van der Waals surface area contributed by atoms with Crippen molar-refractivity contribution in [3.05, 3.63) is 0 Å². The Morgan fingerprint density at radius 2 is 1.70 bits per heavy atom. The standard InChI is InChI=1S/C15H26N2O3/c1-16(10-5-13(18)19)14(20)17-11-8-15(9-12-17)6-3-2-4-7-15/h2-12H2,1H3,(H,18,19). The smallest absolute Gasteiger partial charge is 0.319 e. The lowest BCUT2D eigenvalue weighted by molar-refractivity contribution is -0.137. The van der Waals surface area contributed by atoms with Crippen molar-refractivity contribution in [1.29, 1.82) is 0 Å². The summed E-state index contributed by atoms with van der Waals surface area (Å²) in [5.41, 5.74) is 0.495. The number of nitrogens with zero attached hydrogens (tertiary/aromatic N) is 2. The van der Waals surface area contributed by atoms with Crippen LogP contribution in [0.25, 0.3) is 0 Å². The third kappa shape index (κ3) is 3.64. The SMILES string of the molecule is CN(CCC(=O)O)C(=O)N1CCC2(CCCCC2)CC1. The summed E-state index contributed by atoms with van der Waals surface area (Å²) in [6, 6.07) is -0.0168. The fourth-order valence-corrected chi connectivity index (χ4v) is 3.57. The molecule has 0 aromatic carbocycles. The number of amides is 2. The third-order valence-electron chi connectivity index (χ3n) is 5.00. The maximum absolute atomic E-state index is 12.2. The number of carbonyl (C=O) groups is 2. The molecule has 0 aromatic heterocycles. The molecule has 0 unspecified atom stereocenters. The average molecular weight is 282 g/mol. The van der Waals surface area contributed by atoms with E-state index in [1.54, 1.807) is 7.05 Å². The lowest BCUT2D eigenvalue weighted by Gasteiger charge is -2.44. The minimum absolute atomic E-state index is 0.0139. The second-order valence-corrected chi connectivity index (χ2v) is 6.40. The highest BCUT2D eigenvalue weighted by atomic mass is 16.4. The van der Waals surface area contributed by atoms with Crippen LogP contribution in [0.4, 0.5) is 4.79 Å². The summed E-state index contributed by atoms with van der Waals surface area (Å²) in [6.45, 7) is 1.95. The van der Waals surface area contributed by atoms with Crippen LogP contribution in [0.2, 0.25) is 0 Å². The molecular formula is C15H26N2O3. The maximum atomic E-state index is 12.2. The van der Waals surface area contributed by atoms with Crippen molar-refractivity contribution in [3.8, 4) is 0 Å². The van der Waals surface area contributed by atoms with Gasteiger partial charge in [-0.2, -0.15) is 0 Å². The number of aliphatic carboxylic acids is 1. The number of carboxylic acid groups (broad SMARTS) is 1. The molecule has 0 aromatic rings. The van der Waals surface area contributed by atoms with Gasteiger partial charge in [-0.15, -0.1) is 0 Å². The molecule has 114 valence electrons. The summed E-state index contributed by atoms with van der Waals surface area (Å²) in [5, 5.41) is 8.67. The number of rotatable bonds is 3. The highest BCUT2D eigenvalue weighted by molar-refractivity contribution is 5.75. The molecule has 1 heterocycles. The molecule has 0 bridgehead atoms. The monoisotopic (exact) mass is 282 g/mol. The first kappa shape index (κ1) is 15.1. The molecule has 1 spiro atoms. The van der Waals surface area contributed by atoms with Gasteiger partial charge in [0.15, 0.2) is 0 Å². The second-order valence-electron chi connectivity index (χ2n) is 6.40. The van der Waals surface area contributed by atoms with E-state index in [4.69, 9.17) is 5.11 Å². The Kier molecular flexibility index (Phi) is 4.89. The molecule has 1 N–H and O–H groups in total. The first-order valence-corrected chi connectivity index (χ1v) is 7.74. The molecule has 2 aliphatic rings. The molecule has 20 heavy (non-hydrogen) atoms. The zero-order valence-electron chi connectivity index (χ0n) is 12.4. The molecule has 5 heteroatoms. The van der Waals surface area contributed by atoms with Gasteiger partial charge < -0.3 is 14.9 Å². The van der Waals surface area contributed by atoms with E-state index in [-0.39, 0.29) is 19.0 Å². The predicted molar refractivity (Wildman–Crippen MR) is 76.6 cm³/mol. The minimum atomic E-state index is -0.857. The molecule has 1 saturated carbocycles. The number of carbonyl (C=O) groups excluding carboxylic acids is 1. The van der Waals surface area contributed by atoms with E-state index in [1.807, 2.05) is 4.90 Å². The molecule has 1 aliphatic carbocycles. The Balaban J connectivity index is 1.80. The van der Waals surface area contributed by atoms with E-state index in [9.17, 15) is 9.59 Å². The van der Waals surface area contributed by atoms with E-state index in [0.717, 1.165) is 25.9 Å². The number of urea groups is 1. The van der Waals surface area contributed by atoms with E-state index in [1.165, 1.54) is 37.0 Å². The van der Waals surface area contributed by atoms with Crippen LogP contribution in [0.5, 0.6) is 0 Å². The highest BCUT2D eigenvalue weighted by Gasteiger charge is 2.37. The van der Waals surface area contributed by atoms with E-state index in [0.29, 0.717) is 5.41 Å². The molecule has 5 nitrogen and oxygen atoms in total. The van der Waals surface area contributed by atoms with Gasteiger partial charge in [0.2, 0.25) is 0 Å². The van der Waals surface area contributed by atoms with Crippen LogP contribution >= 0.6 is 0 Å². The predicted octanol–water partition coefficient (Wildman–Crippen LogP) is 2.56. The molecule has 0 atom stereocenters. The van der Waals surface area contributed by atoms with Crippen LogP contribution in [0.15, 0.2) is 0 Å². The van der Waals surface area contributed by atoms with Crippen molar-refractivity contribution in [2.75, 3.05) is 26.7 Å². The van der Waals surface area contributed by atoms with Gasteiger partial charge >= 0.3 is 12.0 Å². The Hall–Kier alpha value is -1.26. The fourth-order valence-electron chi connectivity index (χ4n) is 3.57. The summed E-state index contributed by atoms with van der Waals surface area (Å²) in [4.78, 5) is 26.2. The quantitative estimate of drug-likeness (QED) is 0.865. The summed E-state index contributed by atoms with van der Waals surface area (Å²) in [7, 11) is 1.69. The summed E-state index contributed by atoms with van der Waals surface area (Å²) in [6.07, 6.45) is 8.94. The Bertz CT molecular complexity index is 354. The number of likely N-dealkylation sites (tertiary alicyclic amines) is 1. The molecule has 2 fully saturated rings. The van der Waals surface area contributed by atoms with Gasteiger partial charge in [0.05, 0.1) is 6.42 Å². The van der Waals surface area contributed by atoms with Gasteiger partial charge in [-0.05, 0) is 31.1 Å². The van der Waals surface area contributed by atoms with E-state index < -0.39 is 5.97 Å². The van der Waals surface area contributed by atoms with Crippen LogP contribution in [-0.2, 0) is 4.79 Å². The van der Waals surface area contributed by atoms with Crippen molar-refractivity contribution in [3.63, 3.8) is 0 Å². The van der Waals surface area contributed by atoms with Crippen molar-refractivity contribution >= 4 is 12.0 Å². The highest BCUT2D eigenvalue weighted by Crippen LogP contribution is 2.44. The topological polar surface area (TPSA) is 60.9 Å². The zero-order chi connectivity index (χ0) is 14.6. The molecule has 0 radical (unpaired) electrons. The van der Waals surface area contributed by atoms with Gasteiger partial charge in [0.25, 0.3) is 0 Å². The Morgan fingerprint density at radius 1 is 1.10 bits per heavy atom. The fraction of sp³-hybridized carbons (Fsp3) is 0.867. The van der Waals surface area contributed by atoms with Crippen molar-refractivity contribution in [2.45, 2.75) is 51.4 Å². The molecule has 1 aliphatic heterocycles. The first-order valence-electron chi connectivity index (χ1n) is 7.74. The zero-order valence-corrected chi connectivity index (χ0v) is 12.4. The van der Waals surface area contributed by atoms with E-state index in [2.05, 4.69) is 0 Å². The first-order chi connectivity index (χ1) is 9.52. The average Bonchev–Trinajstić information content (AvgIpc) is 2.45. The number of hydrogen-bond donors (Lipinski definition) is 1. The van der Waals surface area contributed by atoms with Crippen molar-refractivity contribution in [1.82, 2.24) is 9.80 Å². The normalized spacial score (nSPS) is 21.8. The molecule has 1 saturated heterocycles. The number of hydrogen-bond acceptors (Lipinski definition) is 2. The molecular weight excluding hydrogens is 256 g/mol. The van der Waals surface area contributed by atoms with Crippen molar-refractivity contribution < 1.29 is 14.7 Å². The van der Waals surface area contributed by atoms with Crippen LogP contribution in [0.1, 0.15) is 51.4 Å². The van der Waals surface area contributed by atoms with Crippen LogP contribution in [0.3, 0.4) is 0 Å². The third-order valence-corrected chi connectivity index (χ3v) is 5.00. The summed E-state index contributed by atoms with van der Waals surface area (Å²) >= 11 is 0. The lowest BCUT2D eigenvalue weighted by Crippen LogP contribution is -2.48. The van der Waals surface area contributed by atoms with Crippen LogP contribution in [-0.4, -0.2) is 53.6 Å². The second kappa shape index (κ2) is 6.46. The van der Waals surface area contributed by atoms with Gasteiger partial charge in [-0.3, -0.25) is 4.79 Å². The maximum Gasteiger partial charge on any atom is 0.319 e. The van der Waals surface area contributed by atoms with Gasteiger partial charge in [0.1, 0.15) is 0 Å². The minimum Gasteiger partial charge on any atom is -0.481 e. The summed E-state index contributed by atoms with van der Waals surface area (Å²) < 4.78 is 0. The molecule has 2 rings (SSSR count). The molecule has 2 amide bonds.